The average Bonchev–Trinajstić information content (AvgIpc) is 3.01. The van der Waals surface area contributed by atoms with Gasteiger partial charge in [0.15, 0.2) is 0 Å². The molecule has 4 nitrogen and oxygen atoms in total. The zero-order chi connectivity index (χ0) is 11.7. The number of aromatic hydroxyl groups is 1. The molecular weight excluding hydrogens is 206 g/mol. The fraction of sp³-hybridized carbons (Fsp3) is 0.417. The van der Waals surface area contributed by atoms with Crippen molar-refractivity contribution in [3.8, 4) is 5.75 Å². The predicted octanol–water partition coefficient (Wildman–Crippen LogP) is 1.89. The minimum absolute atomic E-state index is 0.0799. The number of nitrogens with two attached hydrogens (primary N) is 1. The van der Waals surface area contributed by atoms with Gasteiger partial charge >= 0.3 is 5.97 Å². The van der Waals surface area contributed by atoms with Crippen molar-refractivity contribution in [3.05, 3.63) is 29.3 Å². The molecule has 1 aliphatic carbocycles. The monoisotopic (exact) mass is 221 g/mol. The maximum atomic E-state index is 10.8. The molecule has 0 amide bonds. The lowest BCUT2D eigenvalue weighted by molar-refractivity contribution is 0.0693. The summed E-state index contributed by atoms with van der Waals surface area (Å²) >= 11 is 0. The van der Waals surface area contributed by atoms with E-state index in [-0.39, 0.29) is 17.4 Å². The smallest absolute Gasteiger partial charge is 0.339 e. The van der Waals surface area contributed by atoms with Gasteiger partial charge in [0.1, 0.15) is 11.3 Å². The molecule has 1 atom stereocenters. The highest BCUT2D eigenvalue weighted by atomic mass is 16.4. The standard InChI is InChI=1S/C12H15NO3/c13-10(5-7-1-2-7)8-3-4-11(14)9(6-8)12(15)16/h3-4,6-7,10,14H,1-2,5,13H2,(H,15,16)/t10-/m0/s1. The van der Waals surface area contributed by atoms with Crippen molar-refractivity contribution in [2.75, 3.05) is 0 Å². The fourth-order valence-corrected chi connectivity index (χ4v) is 1.80. The molecule has 4 heteroatoms. The molecule has 1 aliphatic rings. The second kappa shape index (κ2) is 4.14. The fourth-order valence-electron chi connectivity index (χ4n) is 1.80. The third-order valence-corrected chi connectivity index (χ3v) is 2.96. The molecular formula is C12H15NO3. The summed E-state index contributed by atoms with van der Waals surface area (Å²) in [6.45, 7) is 0. The highest BCUT2D eigenvalue weighted by Crippen LogP contribution is 2.37. The lowest BCUT2D eigenvalue weighted by Gasteiger charge is -2.12. The molecule has 0 spiro atoms. The average molecular weight is 221 g/mol. The molecule has 1 aromatic rings. The molecule has 1 fully saturated rings. The van der Waals surface area contributed by atoms with Crippen LogP contribution in [0.3, 0.4) is 0 Å². The maximum Gasteiger partial charge on any atom is 0.339 e. The van der Waals surface area contributed by atoms with Crippen LogP contribution in [-0.2, 0) is 0 Å². The maximum absolute atomic E-state index is 10.8. The van der Waals surface area contributed by atoms with E-state index in [9.17, 15) is 9.90 Å². The number of carboxylic acids is 1. The number of carboxylic acid groups (broad SMARTS) is 1. The van der Waals surface area contributed by atoms with Gasteiger partial charge in [-0.15, -0.1) is 0 Å². The predicted molar refractivity (Wildman–Crippen MR) is 59.3 cm³/mol. The number of hydrogen-bond donors (Lipinski definition) is 3. The van der Waals surface area contributed by atoms with Crippen LogP contribution in [0.25, 0.3) is 0 Å². The molecule has 1 saturated carbocycles. The highest BCUT2D eigenvalue weighted by Gasteiger charge is 2.25. The third kappa shape index (κ3) is 2.33. The largest absolute Gasteiger partial charge is 0.507 e. The lowest BCUT2D eigenvalue weighted by Crippen LogP contribution is -2.12. The van der Waals surface area contributed by atoms with Crippen molar-refractivity contribution in [2.24, 2.45) is 11.7 Å². The summed E-state index contributed by atoms with van der Waals surface area (Å²) in [5.41, 5.74) is 6.68. The van der Waals surface area contributed by atoms with Crippen LogP contribution in [0.5, 0.6) is 5.75 Å². The van der Waals surface area contributed by atoms with E-state index in [1.54, 1.807) is 6.07 Å². The number of carbonyl (C=O) groups is 1. The third-order valence-electron chi connectivity index (χ3n) is 2.96. The van der Waals surface area contributed by atoms with E-state index in [1.165, 1.54) is 25.0 Å². The van der Waals surface area contributed by atoms with Crippen LogP contribution >= 0.6 is 0 Å². The Hall–Kier alpha value is -1.55. The van der Waals surface area contributed by atoms with Crippen LogP contribution in [0.15, 0.2) is 18.2 Å². The van der Waals surface area contributed by atoms with Crippen molar-refractivity contribution in [1.82, 2.24) is 0 Å². The van der Waals surface area contributed by atoms with E-state index in [0.29, 0.717) is 5.92 Å². The highest BCUT2D eigenvalue weighted by molar-refractivity contribution is 5.90. The van der Waals surface area contributed by atoms with Gasteiger partial charge in [0.2, 0.25) is 0 Å². The van der Waals surface area contributed by atoms with Gasteiger partial charge in [0.25, 0.3) is 0 Å². The quantitative estimate of drug-likeness (QED) is 0.725. The molecule has 16 heavy (non-hydrogen) atoms. The van der Waals surface area contributed by atoms with E-state index >= 15 is 0 Å². The van der Waals surface area contributed by atoms with Gasteiger partial charge in [-0.1, -0.05) is 18.9 Å². The van der Waals surface area contributed by atoms with E-state index in [4.69, 9.17) is 10.8 Å². The van der Waals surface area contributed by atoms with E-state index in [1.807, 2.05) is 0 Å². The van der Waals surface area contributed by atoms with E-state index < -0.39 is 5.97 Å². The van der Waals surface area contributed by atoms with Crippen LogP contribution < -0.4 is 5.73 Å². The normalized spacial score (nSPS) is 17.1. The van der Waals surface area contributed by atoms with Crippen LogP contribution in [0.2, 0.25) is 0 Å². The number of hydrogen-bond acceptors (Lipinski definition) is 3. The molecule has 0 saturated heterocycles. The molecule has 0 aromatic heterocycles. The van der Waals surface area contributed by atoms with Gasteiger partial charge in [-0.25, -0.2) is 4.79 Å². The van der Waals surface area contributed by atoms with Gasteiger partial charge in [-0.05, 0) is 30.0 Å². The number of aromatic carboxylic acids is 1. The van der Waals surface area contributed by atoms with Crippen LogP contribution in [0.1, 0.15) is 41.2 Å². The minimum Gasteiger partial charge on any atom is -0.507 e. The zero-order valence-electron chi connectivity index (χ0n) is 8.89. The number of benzene rings is 1. The van der Waals surface area contributed by atoms with Gasteiger partial charge < -0.3 is 15.9 Å². The topological polar surface area (TPSA) is 83.5 Å². The second-order valence-electron chi connectivity index (χ2n) is 4.37. The molecule has 0 radical (unpaired) electrons. The van der Waals surface area contributed by atoms with Crippen LogP contribution in [-0.4, -0.2) is 16.2 Å². The van der Waals surface area contributed by atoms with Gasteiger partial charge in [0.05, 0.1) is 0 Å². The Labute approximate surface area is 93.7 Å². The Balaban J connectivity index is 2.20. The van der Waals surface area contributed by atoms with Gasteiger partial charge in [-0.2, -0.15) is 0 Å². The first-order chi connectivity index (χ1) is 7.58. The summed E-state index contributed by atoms with van der Waals surface area (Å²) in [6.07, 6.45) is 3.33. The van der Waals surface area contributed by atoms with Crippen LogP contribution in [0, 0.1) is 5.92 Å². The molecule has 1 aromatic carbocycles. The Bertz CT molecular complexity index is 413. The van der Waals surface area contributed by atoms with E-state index in [0.717, 1.165) is 12.0 Å². The number of rotatable bonds is 4. The SMILES string of the molecule is N[C@@H](CC1CC1)c1ccc(O)c(C(=O)O)c1. The van der Waals surface area contributed by atoms with Crippen molar-refractivity contribution in [1.29, 1.82) is 0 Å². The number of phenols is 1. The summed E-state index contributed by atoms with van der Waals surface area (Å²) in [5, 5.41) is 18.2. The first-order valence-electron chi connectivity index (χ1n) is 5.39. The molecule has 86 valence electrons. The van der Waals surface area contributed by atoms with E-state index in [2.05, 4.69) is 0 Å². The van der Waals surface area contributed by atoms with Crippen molar-refractivity contribution >= 4 is 5.97 Å². The summed E-state index contributed by atoms with van der Waals surface area (Å²) in [4.78, 5) is 10.8. The molecule has 0 heterocycles. The van der Waals surface area contributed by atoms with Crippen LogP contribution in [0.4, 0.5) is 0 Å². The molecule has 4 N–H and O–H groups in total. The van der Waals surface area contributed by atoms with Gasteiger partial charge in [0, 0.05) is 6.04 Å². The molecule has 0 bridgehead atoms. The van der Waals surface area contributed by atoms with Gasteiger partial charge in [-0.3, -0.25) is 0 Å². The Morgan fingerprint density at radius 2 is 2.19 bits per heavy atom. The molecule has 0 unspecified atom stereocenters. The molecule has 0 aliphatic heterocycles. The van der Waals surface area contributed by atoms with Crippen molar-refractivity contribution in [2.45, 2.75) is 25.3 Å². The first kappa shape index (κ1) is 11.0. The minimum atomic E-state index is -1.13. The molecule has 2 rings (SSSR count). The summed E-state index contributed by atoms with van der Waals surface area (Å²) in [7, 11) is 0. The lowest BCUT2D eigenvalue weighted by atomic mass is 9.99. The van der Waals surface area contributed by atoms with Crippen molar-refractivity contribution in [3.63, 3.8) is 0 Å². The zero-order valence-corrected chi connectivity index (χ0v) is 8.89. The summed E-state index contributed by atoms with van der Waals surface area (Å²) in [6, 6.07) is 4.41. The first-order valence-corrected chi connectivity index (χ1v) is 5.39. The Morgan fingerprint density at radius 1 is 1.50 bits per heavy atom. The second-order valence-corrected chi connectivity index (χ2v) is 4.37. The van der Waals surface area contributed by atoms with Crippen molar-refractivity contribution < 1.29 is 15.0 Å². The Morgan fingerprint density at radius 3 is 2.75 bits per heavy atom. The summed E-state index contributed by atoms with van der Waals surface area (Å²) in [5.74, 6) is -0.648. The Kier molecular flexibility index (Phi) is 2.83. The summed E-state index contributed by atoms with van der Waals surface area (Å²) < 4.78 is 0.